The molecular weight excluding hydrogens is 243 g/mol. The topological polar surface area (TPSA) is 38.5 Å². The normalized spacial score (nSPS) is 18.3. The quantitative estimate of drug-likeness (QED) is 0.890. The third kappa shape index (κ3) is 4.18. The maximum atomic E-state index is 13.3. The second-order valence-electron chi connectivity index (χ2n) is 5.22. The van der Waals surface area contributed by atoms with Crippen molar-refractivity contribution < 1.29 is 9.13 Å². The van der Waals surface area contributed by atoms with E-state index >= 15 is 0 Å². The predicted molar refractivity (Wildman–Crippen MR) is 74.8 cm³/mol. The highest BCUT2D eigenvalue weighted by Gasteiger charge is 2.12. The molecule has 0 amide bonds. The fraction of sp³-hybridized carbons (Fsp3) is 0.600. The van der Waals surface area contributed by atoms with Crippen molar-refractivity contribution in [3.63, 3.8) is 0 Å². The highest BCUT2D eigenvalue weighted by atomic mass is 19.1. The third-order valence-electron chi connectivity index (χ3n) is 3.58. The van der Waals surface area contributed by atoms with Gasteiger partial charge < -0.3 is 10.5 Å². The van der Waals surface area contributed by atoms with Crippen molar-refractivity contribution in [3.05, 3.63) is 29.6 Å². The Balaban J connectivity index is 1.89. The Morgan fingerprint density at radius 3 is 2.74 bits per heavy atom. The number of rotatable bonds is 5. The molecule has 1 atom stereocenters. The molecule has 0 spiro atoms. The maximum absolute atomic E-state index is 13.3. The number of ether oxygens (including phenoxy) is 1. The van der Waals surface area contributed by atoms with E-state index in [2.05, 4.69) is 4.90 Å². The number of hydrogen-bond acceptors (Lipinski definition) is 3. The van der Waals surface area contributed by atoms with Crippen LogP contribution in [0.15, 0.2) is 18.2 Å². The van der Waals surface area contributed by atoms with Crippen molar-refractivity contribution in [2.45, 2.75) is 32.2 Å². The van der Waals surface area contributed by atoms with E-state index in [0.717, 1.165) is 25.2 Å². The molecule has 4 heteroatoms. The first-order chi connectivity index (χ1) is 9.16. The molecule has 1 aliphatic heterocycles. The van der Waals surface area contributed by atoms with Gasteiger partial charge in [0.25, 0.3) is 0 Å². The largest absolute Gasteiger partial charge is 0.492 e. The van der Waals surface area contributed by atoms with Gasteiger partial charge in [0.2, 0.25) is 0 Å². The zero-order valence-corrected chi connectivity index (χ0v) is 11.6. The molecule has 1 heterocycles. The van der Waals surface area contributed by atoms with E-state index < -0.39 is 0 Å². The predicted octanol–water partition coefficient (Wildman–Crippen LogP) is 2.71. The van der Waals surface area contributed by atoms with E-state index in [1.54, 1.807) is 6.07 Å². The van der Waals surface area contributed by atoms with Crippen LogP contribution < -0.4 is 10.5 Å². The number of benzene rings is 1. The van der Waals surface area contributed by atoms with Crippen LogP contribution >= 0.6 is 0 Å². The first-order valence-electron chi connectivity index (χ1n) is 7.07. The van der Waals surface area contributed by atoms with Crippen LogP contribution in [0, 0.1) is 5.82 Å². The zero-order chi connectivity index (χ0) is 13.7. The Morgan fingerprint density at radius 2 is 2.05 bits per heavy atom. The van der Waals surface area contributed by atoms with E-state index in [0.29, 0.717) is 12.4 Å². The molecule has 0 aromatic heterocycles. The summed E-state index contributed by atoms with van der Waals surface area (Å²) in [5, 5.41) is 0. The van der Waals surface area contributed by atoms with E-state index in [1.807, 2.05) is 6.92 Å². The van der Waals surface area contributed by atoms with Crippen molar-refractivity contribution in [3.8, 4) is 5.75 Å². The highest BCUT2D eigenvalue weighted by Crippen LogP contribution is 2.24. The Labute approximate surface area is 114 Å². The van der Waals surface area contributed by atoms with Gasteiger partial charge in [0.05, 0.1) is 0 Å². The van der Waals surface area contributed by atoms with Crippen molar-refractivity contribution >= 4 is 0 Å². The van der Waals surface area contributed by atoms with Gasteiger partial charge in [-0.05, 0) is 38.9 Å². The second-order valence-corrected chi connectivity index (χ2v) is 5.22. The van der Waals surface area contributed by atoms with Gasteiger partial charge in [0.1, 0.15) is 18.2 Å². The lowest BCUT2D eigenvalue weighted by Gasteiger charge is -2.26. The Kier molecular flexibility index (Phi) is 5.16. The molecule has 1 aromatic rings. The summed E-state index contributed by atoms with van der Waals surface area (Å²) in [6.45, 7) is 5.65. The minimum Gasteiger partial charge on any atom is -0.492 e. The third-order valence-corrected chi connectivity index (χ3v) is 3.58. The van der Waals surface area contributed by atoms with Gasteiger partial charge in [0.15, 0.2) is 0 Å². The summed E-state index contributed by atoms with van der Waals surface area (Å²) in [7, 11) is 0. The summed E-state index contributed by atoms with van der Waals surface area (Å²) in [6, 6.07) is 4.41. The second kappa shape index (κ2) is 6.87. The minimum atomic E-state index is -0.280. The van der Waals surface area contributed by atoms with Crippen LogP contribution in [0.2, 0.25) is 0 Å². The number of nitrogens with two attached hydrogens (primary N) is 1. The Bertz CT molecular complexity index is 403. The summed E-state index contributed by atoms with van der Waals surface area (Å²) in [4.78, 5) is 2.40. The van der Waals surface area contributed by atoms with Crippen LogP contribution in [0.3, 0.4) is 0 Å². The lowest BCUT2D eigenvalue weighted by molar-refractivity contribution is 0.182. The molecule has 106 valence electrons. The van der Waals surface area contributed by atoms with Gasteiger partial charge in [-0.3, -0.25) is 4.90 Å². The van der Waals surface area contributed by atoms with Crippen LogP contribution in [0.25, 0.3) is 0 Å². The molecule has 1 saturated heterocycles. The summed E-state index contributed by atoms with van der Waals surface area (Å²) in [5.74, 6) is 0.296. The van der Waals surface area contributed by atoms with E-state index in [1.165, 1.54) is 31.4 Å². The highest BCUT2D eigenvalue weighted by molar-refractivity contribution is 5.36. The fourth-order valence-corrected chi connectivity index (χ4v) is 2.48. The molecule has 1 aromatic carbocycles. The molecule has 2 rings (SSSR count). The molecule has 1 aliphatic rings. The monoisotopic (exact) mass is 266 g/mol. The average molecular weight is 266 g/mol. The van der Waals surface area contributed by atoms with E-state index in [-0.39, 0.29) is 11.9 Å². The molecule has 3 nitrogen and oxygen atoms in total. The number of piperidine rings is 1. The standard InChI is InChI=1S/C15H23FN2O/c1-12(17)14-6-5-13(16)11-15(14)19-10-9-18-7-3-2-4-8-18/h5-6,11-12H,2-4,7-10,17H2,1H3. The van der Waals surface area contributed by atoms with Crippen LogP contribution in [0.5, 0.6) is 5.75 Å². The molecule has 0 radical (unpaired) electrons. The Morgan fingerprint density at radius 1 is 1.32 bits per heavy atom. The summed E-state index contributed by atoms with van der Waals surface area (Å²) >= 11 is 0. The van der Waals surface area contributed by atoms with Crippen LogP contribution in [-0.2, 0) is 0 Å². The SMILES string of the molecule is CC(N)c1ccc(F)cc1OCCN1CCCCC1. The number of nitrogens with zero attached hydrogens (tertiary/aromatic N) is 1. The van der Waals surface area contributed by atoms with Gasteiger partial charge >= 0.3 is 0 Å². The first-order valence-corrected chi connectivity index (χ1v) is 7.07. The molecule has 0 saturated carbocycles. The number of halogens is 1. The van der Waals surface area contributed by atoms with Gasteiger partial charge in [-0.15, -0.1) is 0 Å². The minimum absolute atomic E-state index is 0.148. The molecule has 0 bridgehead atoms. The summed E-state index contributed by atoms with van der Waals surface area (Å²) < 4.78 is 19.0. The summed E-state index contributed by atoms with van der Waals surface area (Å²) in [6.07, 6.45) is 3.87. The van der Waals surface area contributed by atoms with E-state index in [9.17, 15) is 4.39 Å². The number of likely N-dealkylation sites (tertiary alicyclic amines) is 1. The van der Waals surface area contributed by atoms with Gasteiger partial charge in [-0.1, -0.05) is 12.5 Å². The molecule has 1 fully saturated rings. The maximum Gasteiger partial charge on any atom is 0.127 e. The van der Waals surface area contributed by atoms with Gasteiger partial charge in [0, 0.05) is 24.2 Å². The number of hydrogen-bond donors (Lipinski definition) is 1. The molecule has 0 aliphatic carbocycles. The lowest BCUT2D eigenvalue weighted by atomic mass is 10.1. The smallest absolute Gasteiger partial charge is 0.127 e. The van der Waals surface area contributed by atoms with E-state index in [4.69, 9.17) is 10.5 Å². The van der Waals surface area contributed by atoms with Crippen LogP contribution in [-0.4, -0.2) is 31.1 Å². The van der Waals surface area contributed by atoms with Crippen molar-refractivity contribution in [1.29, 1.82) is 0 Å². The molecule has 1 unspecified atom stereocenters. The van der Waals surface area contributed by atoms with Crippen molar-refractivity contribution in [1.82, 2.24) is 4.90 Å². The van der Waals surface area contributed by atoms with Gasteiger partial charge in [-0.25, -0.2) is 4.39 Å². The lowest BCUT2D eigenvalue weighted by Crippen LogP contribution is -2.33. The zero-order valence-electron chi connectivity index (χ0n) is 11.6. The molecule has 19 heavy (non-hydrogen) atoms. The van der Waals surface area contributed by atoms with Crippen molar-refractivity contribution in [2.24, 2.45) is 5.73 Å². The summed E-state index contributed by atoms with van der Waals surface area (Å²) in [5.41, 5.74) is 6.73. The van der Waals surface area contributed by atoms with Gasteiger partial charge in [-0.2, -0.15) is 0 Å². The Hall–Kier alpha value is -1.13. The molecular formula is C15H23FN2O. The first kappa shape index (κ1) is 14.3. The fourth-order valence-electron chi connectivity index (χ4n) is 2.48. The average Bonchev–Trinajstić information content (AvgIpc) is 2.39. The molecule has 2 N–H and O–H groups in total. The van der Waals surface area contributed by atoms with Crippen LogP contribution in [0.4, 0.5) is 4.39 Å². The van der Waals surface area contributed by atoms with Crippen LogP contribution in [0.1, 0.15) is 37.8 Å². The van der Waals surface area contributed by atoms with Crippen molar-refractivity contribution in [2.75, 3.05) is 26.2 Å².